The number of ether oxygens (including phenoxy) is 2. The first-order valence-electron chi connectivity index (χ1n) is 5.76. The van der Waals surface area contributed by atoms with Crippen molar-refractivity contribution in [3.05, 3.63) is 48.0 Å². The second-order valence-corrected chi connectivity index (χ2v) is 3.79. The molecule has 0 aliphatic rings. The van der Waals surface area contributed by atoms with Gasteiger partial charge in [-0.3, -0.25) is 0 Å². The maximum Gasteiger partial charge on any atom is 0.203 e. The van der Waals surface area contributed by atoms with Gasteiger partial charge in [-0.25, -0.2) is 4.39 Å². The van der Waals surface area contributed by atoms with Crippen LogP contribution in [0.15, 0.2) is 36.4 Å². The molecular weight excluding hydrogens is 252 g/mol. The first-order valence-corrected chi connectivity index (χ1v) is 5.76. The summed E-state index contributed by atoms with van der Waals surface area (Å²) in [5, 5.41) is 0. The quantitative estimate of drug-likeness (QED) is 0.856. The van der Waals surface area contributed by atoms with Crippen molar-refractivity contribution in [2.45, 2.75) is 6.92 Å². The third-order valence-corrected chi connectivity index (χ3v) is 2.42. The van der Waals surface area contributed by atoms with E-state index < -0.39 is 11.6 Å². The Morgan fingerprint density at radius 2 is 1.84 bits per heavy atom. The zero-order chi connectivity index (χ0) is 13.8. The van der Waals surface area contributed by atoms with Crippen molar-refractivity contribution in [1.82, 2.24) is 0 Å². The normalized spacial score (nSPS) is 10.3. The maximum absolute atomic E-state index is 13.6. The second kappa shape index (κ2) is 5.56. The van der Waals surface area contributed by atoms with Crippen LogP contribution in [0.3, 0.4) is 0 Å². The molecule has 0 aromatic heterocycles. The van der Waals surface area contributed by atoms with Crippen molar-refractivity contribution in [3.8, 4) is 17.2 Å². The lowest BCUT2D eigenvalue weighted by atomic mass is 10.2. The number of hydrogen-bond acceptors (Lipinski definition) is 3. The van der Waals surface area contributed by atoms with E-state index in [9.17, 15) is 8.78 Å². The average Bonchev–Trinajstić information content (AvgIpc) is 2.40. The largest absolute Gasteiger partial charge is 0.494 e. The minimum atomic E-state index is -1.11. The molecule has 2 rings (SSSR count). The number of nitrogen functional groups attached to an aromatic ring is 1. The van der Waals surface area contributed by atoms with Crippen LogP contribution in [-0.4, -0.2) is 6.61 Å². The Bertz CT molecular complexity index is 588. The molecule has 2 aromatic rings. The standard InChI is InChI=1S/C14H13F2NO2/c1-2-18-9-4-3-5-10(8-9)19-14-12(17)7-6-11(15)13(14)16/h3-8H,2,17H2,1H3. The van der Waals surface area contributed by atoms with Gasteiger partial charge >= 0.3 is 0 Å². The maximum atomic E-state index is 13.6. The lowest BCUT2D eigenvalue weighted by Gasteiger charge is -2.11. The van der Waals surface area contributed by atoms with Crippen LogP contribution in [0.5, 0.6) is 17.2 Å². The SMILES string of the molecule is CCOc1cccc(Oc2c(N)ccc(F)c2F)c1. The van der Waals surface area contributed by atoms with E-state index in [-0.39, 0.29) is 11.4 Å². The highest BCUT2D eigenvalue weighted by Crippen LogP contribution is 2.33. The third-order valence-electron chi connectivity index (χ3n) is 2.42. The number of halogens is 2. The molecule has 0 heterocycles. The van der Waals surface area contributed by atoms with Crippen molar-refractivity contribution < 1.29 is 18.3 Å². The van der Waals surface area contributed by atoms with Gasteiger partial charge < -0.3 is 15.2 Å². The van der Waals surface area contributed by atoms with Crippen molar-refractivity contribution in [3.63, 3.8) is 0 Å². The molecule has 0 aliphatic carbocycles. The van der Waals surface area contributed by atoms with Crippen LogP contribution in [0.1, 0.15) is 6.92 Å². The van der Waals surface area contributed by atoms with Gasteiger partial charge in [0.15, 0.2) is 11.6 Å². The number of anilines is 1. The van der Waals surface area contributed by atoms with E-state index in [4.69, 9.17) is 15.2 Å². The molecule has 5 heteroatoms. The van der Waals surface area contributed by atoms with Gasteiger partial charge in [-0.05, 0) is 31.2 Å². The molecule has 0 saturated carbocycles. The minimum Gasteiger partial charge on any atom is -0.494 e. The Labute approximate surface area is 109 Å². The van der Waals surface area contributed by atoms with Gasteiger partial charge in [0.1, 0.15) is 11.5 Å². The van der Waals surface area contributed by atoms with Crippen LogP contribution in [-0.2, 0) is 0 Å². The predicted molar refractivity (Wildman–Crippen MR) is 68.5 cm³/mol. The summed E-state index contributed by atoms with van der Waals surface area (Å²) in [5.41, 5.74) is 5.60. The van der Waals surface area contributed by atoms with Crippen LogP contribution in [0.4, 0.5) is 14.5 Å². The van der Waals surface area contributed by atoms with Crippen molar-refractivity contribution in [2.75, 3.05) is 12.3 Å². The Morgan fingerprint density at radius 3 is 2.58 bits per heavy atom. The molecule has 0 fully saturated rings. The van der Waals surface area contributed by atoms with Crippen LogP contribution in [0.2, 0.25) is 0 Å². The molecule has 0 unspecified atom stereocenters. The van der Waals surface area contributed by atoms with Crippen LogP contribution >= 0.6 is 0 Å². The summed E-state index contributed by atoms with van der Waals surface area (Å²) in [7, 11) is 0. The smallest absolute Gasteiger partial charge is 0.203 e. The summed E-state index contributed by atoms with van der Waals surface area (Å²) in [4.78, 5) is 0. The predicted octanol–water partition coefficient (Wildman–Crippen LogP) is 3.74. The summed E-state index contributed by atoms with van der Waals surface area (Å²) in [5.74, 6) is -1.54. The van der Waals surface area contributed by atoms with E-state index in [1.54, 1.807) is 24.3 Å². The fourth-order valence-electron chi connectivity index (χ4n) is 1.56. The van der Waals surface area contributed by atoms with E-state index in [1.807, 2.05) is 6.92 Å². The summed E-state index contributed by atoms with van der Waals surface area (Å²) >= 11 is 0. The fraction of sp³-hybridized carbons (Fsp3) is 0.143. The molecule has 0 atom stereocenters. The van der Waals surface area contributed by atoms with E-state index in [0.29, 0.717) is 18.1 Å². The van der Waals surface area contributed by atoms with E-state index in [1.165, 1.54) is 6.07 Å². The second-order valence-electron chi connectivity index (χ2n) is 3.79. The molecule has 0 spiro atoms. The van der Waals surface area contributed by atoms with Crippen LogP contribution < -0.4 is 15.2 Å². The zero-order valence-electron chi connectivity index (χ0n) is 10.3. The lowest BCUT2D eigenvalue weighted by molar-refractivity contribution is 0.337. The number of nitrogens with two attached hydrogens (primary N) is 1. The van der Waals surface area contributed by atoms with Gasteiger partial charge in [-0.1, -0.05) is 6.07 Å². The van der Waals surface area contributed by atoms with Crippen molar-refractivity contribution in [1.29, 1.82) is 0 Å². The molecular formula is C14H13F2NO2. The topological polar surface area (TPSA) is 44.5 Å². The van der Waals surface area contributed by atoms with E-state index >= 15 is 0 Å². The number of rotatable bonds is 4. The van der Waals surface area contributed by atoms with E-state index in [0.717, 1.165) is 6.07 Å². The molecule has 2 aromatic carbocycles. The van der Waals surface area contributed by atoms with Crippen molar-refractivity contribution >= 4 is 5.69 Å². The fourth-order valence-corrected chi connectivity index (χ4v) is 1.56. The monoisotopic (exact) mass is 265 g/mol. The Balaban J connectivity index is 2.31. The van der Waals surface area contributed by atoms with Gasteiger partial charge in [-0.2, -0.15) is 4.39 Å². The Hall–Kier alpha value is -2.30. The first kappa shape index (κ1) is 13.1. The van der Waals surface area contributed by atoms with Gasteiger partial charge in [-0.15, -0.1) is 0 Å². The molecule has 0 amide bonds. The summed E-state index contributed by atoms with van der Waals surface area (Å²) in [6, 6.07) is 8.81. The zero-order valence-corrected chi connectivity index (χ0v) is 10.3. The Morgan fingerprint density at radius 1 is 1.11 bits per heavy atom. The molecule has 100 valence electrons. The number of benzene rings is 2. The van der Waals surface area contributed by atoms with E-state index in [2.05, 4.69) is 0 Å². The number of hydrogen-bond donors (Lipinski definition) is 1. The lowest BCUT2D eigenvalue weighted by Crippen LogP contribution is -1.98. The van der Waals surface area contributed by atoms with Gasteiger partial charge in [0, 0.05) is 6.07 Å². The van der Waals surface area contributed by atoms with Gasteiger partial charge in [0.05, 0.1) is 12.3 Å². The summed E-state index contributed by atoms with van der Waals surface area (Å²) < 4.78 is 37.3. The summed E-state index contributed by atoms with van der Waals surface area (Å²) in [6.07, 6.45) is 0. The first-order chi connectivity index (χ1) is 9.11. The molecule has 0 aliphatic heterocycles. The average molecular weight is 265 g/mol. The summed E-state index contributed by atoms with van der Waals surface area (Å²) in [6.45, 7) is 2.34. The highest BCUT2D eigenvalue weighted by atomic mass is 19.2. The Kier molecular flexibility index (Phi) is 3.85. The highest BCUT2D eigenvalue weighted by molar-refractivity contribution is 5.55. The molecule has 19 heavy (non-hydrogen) atoms. The highest BCUT2D eigenvalue weighted by Gasteiger charge is 2.14. The molecule has 2 N–H and O–H groups in total. The van der Waals surface area contributed by atoms with Gasteiger partial charge in [0.2, 0.25) is 5.82 Å². The third kappa shape index (κ3) is 2.93. The van der Waals surface area contributed by atoms with Gasteiger partial charge in [0.25, 0.3) is 0 Å². The molecule has 3 nitrogen and oxygen atoms in total. The minimum absolute atomic E-state index is 0.0284. The van der Waals surface area contributed by atoms with Crippen molar-refractivity contribution in [2.24, 2.45) is 0 Å². The van der Waals surface area contributed by atoms with Crippen LogP contribution in [0, 0.1) is 11.6 Å². The molecule has 0 bridgehead atoms. The molecule has 0 saturated heterocycles. The van der Waals surface area contributed by atoms with Crippen LogP contribution in [0.25, 0.3) is 0 Å². The molecule has 0 radical (unpaired) electrons.